The van der Waals surface area contributed by atoms with E-state index >= 15 is 0 Å². The van der Waals surface area contributed by atoms with Gasteiger partial charge in [-0.2, -0.15) is 0 Å². The summed E-state index contributed by atoms with van der Waals surface area (Å²) in [5.74, 6) is 2.67. The van der Waals surface area contributed by atoms with Gasteiger partial charge in [0.1, 0.15) is 0 Å². The van der Waals surface area contributed by atoms with Crippen molar-refractivity contribution >= 4 is 5.91 Å². The number of amides is 1. The predicted molar refractivity (Wildman–Crippen MR) is 68.0 cm³/mol. The lowest BCUT2D eigenvalue weighted by molar-refractivity contribution is -0.123. The Morgan fingerprint density at radius 2 is 1.94 bits per heavy atom. The highest BCUT2D eigenvalue weighted by molar-refractivity contribution is 5.81. The summed E-state index contributed by atoms with van der Waals surface area (Å²) >= 11 is 0. The summed E-state index contributed by atoms with van der Waals surface area (Å²) in [6, 6.07) is 0.263. The zero-order valence-corrected chi connectivity index (χ0v) is 10.8. The summed E-state index contributed by atoms with van der Waals surface area (Å²) in [5, 5.41) is 6.19. The van der Waals surface area contributed by atoms with Crippen molar-refractivity contribution in [2.75, 3.05) is 0 Å². The van der Waals surface area contributed by atoms with Crippen molar-refractivity contribution in [2.45, 2.75) is 65.1 Å². The third-order valence-electron chi connectivity index (χ3n) is 2.74. The van der Waals surface area contributed by atoms with Gasteiger partial charge in [-0.25, -0.2) is 0 Å². The normalized spacial score (nSPS) is 15.9. The van der Waals surface area contributed by atoms with Crippen LogP contribution < -0.4 is 10.6 Å². The first-order valence-corrected chi connectivity index (χ1v) is 6.04. The van der Waals surface area contributed by atoms with E-state index < -0.39 is 0 Å². The standard InChI is InChI=1S/C13H24N2O/c1-6-9-12(8-3)15-11(5)13(16)14-10(4)7-2/h1,10-12,15H,7-9H2,2-5H3,(H,14,16). The Bertz CT molecular complexity index is 245. The minimum atomic E-state index is -0.188. The molecule has 0 aliphatic rings. The van der Waals surface area contributed by atoms with Crippen molar-refractivity contribution < 1.29 is 4.79 Å². The van der Waals surface area contributed by atoms with E-state index in [4.69, 9.17) is 6.42 Å². The zero-order chi connectivity index (χ0) is 12.6. The molecule has 1 amide bonds. The summed E-state index contributed by atoms with van der Waals surface area (Å²) in [4.78, 5) is 11.7. The first-order chi connectivity index (χ1) is 7.54. The summed E-state index contributed by atoms with van der Waals surface area (Å²) in [7, 11) is 0. The lowest BCUT2D eigenvalue weighted by atomic mass is 10.1. The van der Waals surface area contributed by atoms with E-state index in [-0.39, 0.29) is 24.0 Å². The molecule has 0 fully saturated rings. The maximum absolute atomic E-state index is 11.7. The summed E-state index contributed by atoms with van der Waals surface area (Å²) in [6.07, 6.45) is 7.81. The molecule has 92 valence electrons. The van der Waals surface area contributed by atoms with Crippen LogP contribution in [0.25, 0.3) is 0 Å². The number of rotatable bonds is 7. The average molecular weight is 224 g/mol. The fraction of sp³-hybridized carbons (Fsp3) is 0.769. The first-order valence-electron chi connectivity index (χ1n) is 6.04. The lowest BCUT2D eigenvalue weighted by Gasteiger charge is -2.21. The second-order valence-electron chi connectivity index (χ2n) is 4.22. The van der Waals surface area contributed by atoms with E-state index in [1.807, 2.05) is 13.8 Å². The molecule has 0 bridgehead atoms. The molecular weight excluding hydrogens is 200 g/mol. The van der Waals surface area contributed by atoms with Crippen molar-refractivity contribution in [3.05, 3.63) is 0 Å². The van der Waals surface area contributed by atoms with Gasteiger partial charge in [0.05, 0.1) is 6.04 Å². The lowest BCUT2D eigenvalue weighted by Crippen LogP contribution is -2.48. The maximum Gasteiger partial charge on any atom is 0.237 e. The quantitative estimate of drug-likeness (QED) is 0.646. The van der Waals surface area contributed by atoms with Crippen LogP contribution in [0.15, 0.2) is 0 Å². The van der Waals surface area contributed by atoms with Crippen molar-refractivity contribution in [1.82, 2.24) is 10.6 Å². The Morgan fingerprint density at radius 1 is 1.31 bits per heavy atom. The van der Waals surface area contributed by atoms with Gasteiger partial charge in [-0.15, -0.1) is 12.3 Å². The summed E-state index contributed by atoms with van der Waals surface area (Å²) < 4.78 is 0. The molecule has 3 nitrogen and oxygen atoms in total. The number of terminal acetylenes is 1. The molecule has 0 rings (SSSR count). The van der Waals surface area contributed by atoms with Crippen LogP contribution in [0.2, 0.25) is 0 Å². The Balaban J connectivity index is 4.08. The second-order valence-corrected chi connectivity index (χ2v) is 4.22. The number of carbonyl (C=O) groups is 1. The highest BCUT2D eigenvalue weighted by atomic mass is 16.2. The van der Waals surface area contributed by atoms with Crippen LogP contribution in [0.3, 0.4) is 0 Å². The van der Waals surface area contributed by atoms with Gasteiger partial charge in [0.25, 0.3) is 0 Å². The fourth-order valence-corrected chi connectivity index (χ4v) is 1.36. The highest BCUT2D eigenvalue weighted by Gasteiger charge is 2.17. The zero-order valence-electron chi connectivity index (χ0n) is 10.8. The molecular formula is C13H24N2O. The maximum atomic E-state index is 11.7. The molecule has 0 aromatic heterocycles. The number of hydrogen-bond donors (Lipinski definition) is 2. The van der Waals surface area contributed by atoms with Gasteiger partial charge in [-0.05, 0) is 26.7 Å². The predicted octanol–water partition coefficient (Wildman–Crippen LogP) is 1.68. The molecule has 0 spiro atoms. The number of hydrogen-bond acceptors (Lipinski definition) is 2. The molecule has 16 heavy (non-hydrogen) atoms. The molecule has 0 saturated heterocycles. The largest absolute Gasteiger partial charge is 0.352 e. The molecule has 0 aromatic rings. The summed E-state index contributed by atoms with van der Waals surface area (Å²) in [6.45, 7) is 7.99. The van der Waals surface area contributed by atoms with Crippen molar-refractivity contribution in [3.8, 4) is 12.3 Å². The van der Waals surface area contributed by atoms with Gasteiger partial charge < -0.3 is 10.6 Å². The molecule has 0 radical (unpaired) electrons. The van der Waals surface area contributed by atoms with Crippen LogP contribution in [0.4, 0.5) is 0 Å². The third kappa shape index (κ3) is 5.77. The Hall–Kier alpha value is -1.01. The van der Waals surface area contributed by atoms with Gasteiger partial charge in [0.15, 0.2) is 0 Å². The van der Waals surface area contributed by atoms with Gasteiger partial charge in [0.2, 0.25) is 5.91 Å². The molecule has 0 saturated carbocycles. The Morgan fingerprint density at radius 3 is 2.38 bits per heavy atom. The van der Waals surface area contributed by atoms with Crippen molar-refractivity contribution in [3.63, 3.8) is 0 Å². The van der Waals surface area contributed by atoms with E-state index in [0.29, 0.717) is 6.42 Å². The van der Waals surface area contributed by atoms with Crippen LogP contribution >= 0.6 is 0 Å². The monoisotopic (exact) mass is 224 g/mol. The Labute approximate surface area is 99.4 Å². The highest BCUT2D eigenvalue weighted by Crippen LogP contribution is 1.99. The minimum absolute atomic E-state index is 0.0461. The summed E-state index contributed by atoms with van der Waals surface area (Å²) in [5.41, 5.74) is 0. The van der Waals surface area contributed by atoms with Gasteiger partial charge in [-0.3, -0.25) is 4.79 Å². The smallest absolute Gasteiger partial charge is 0.237 e. The van der Waals surface area contributed by atoms with Gasteiger partial charge >= 0.3 is 0 Å². The third-order valence-corrected chi connectivity index (χ3v) is 2.74. The van der Waals surface area contributed by atoms with Crippen LogP contribution in [0.1, 0.15) is 47.0 Å². The molecule has 3 unspecified atom stereocenters. The van der Waals surface area contributed by atoms with Gasteiger partial charge in [-0.1, -0.05) is 13.8 Å². The van der Waals surface area contributed by atoms with E-state index in [2.05, 4.69) is 30.4 Å². The SMILES string of the molecule is C#CCC(CC)NC(C)C(=O)NC(C)CC. The molecule has 3 heteroatoms. The van der Waals surface area contributed by atoms with Crippen molar-refractivity contribution in [2.24, 2.45) is 0 Å². The average Bonchev–Trinajstić information content (AvgIpc) is 2.27. The molecule has 0 aromatic carbocycles. The first kappa shape index (κ1) is 15.0. The van der Waals surface area contributed by atoms with E-state index in [1.165, 1.54) is 0 Å². The number of carbonyl (C=O) groups excluding carboxylic acids is 1. The van der Waals surface area contributed by atoms with E-state index in [0.717, 1.165) is 12.8 Å². The molecule has 2 N–H and O–H groups in total. The van der Waals surface area contributed by atoms with Gasteiger partial charge in [0, 0.05) is 18.5 Å². The minimum Gasteiger partial charge on any atom is -0.352 e. The van der Waals surface area contributed by atoms with E-state index in [9.17, 15) is 4.79 Å². The van der Waals surface area contributed by atoms with Crippen molar-refractivity contribution in [1.29, 1.82) is 0 Å². The number of nitrogens with one attached hydrogen (secondary N) is 2. The molecule has 3 atom stereocenters. The second kappa shape index (κ2) is 8.18. The molecule has 0 aliphatic heterocycles. The fourth-order valence-electron chi connectivity index (χ4n) is 1.36. The van der Waals surface area contributed by atoms with Crippen LogP contribution in [0.5, 0.6) is 0 Å². The van der Waals surface area contributed by atoms with Crippen LogP contribution in [0, 0.1) is 12.3 Å². The topological polar surface area (TPSA) is 41.1 Å². The van der Waals surface area contributed by atoms with Crippen LogP contribution in [-0.2, 0) is 4.79 Å². The Kier molecular flexibility index (Phi) is 7.66. The van der Waals surface area contributed by atoms with Crippen LogP contribution in [-0.4, -0.2) is 24.0 Å². The van der Waals surface area contributed by atoms with E-state index in [1.54, 1.807) is 0 Å². The molecule has 0 heterocycles. The molecule has 0 aliphatic carbocycles.